The van der Waals surface area contributed by atoms with E-state index in [1.807, 2.05) is 56.2 Å². The van der Waals surface area contributed by atoms with Crippen molar-refractivity contribution in [3.8, 4) is 0 Å². The Morgan fingerprint density at radius 1 is 0.920 bits per heavy atom. The molecule has 6 nitrogen and oxygen atoms in total. The van der Waals surface area contributed by atoms with Crippen molar-refractivity contribution in [1.29, 1.82) is 0 Å². The van der Waals surface area contributed by atoms with Crippen LogP contribution in [0.5, 0.6) is 0 Å². The van der Waals surface area contributed by atoms with Crippen molar-refractivity contribution in [1.82, 2.24) is 14.7 Å². The summed E-state index contributed by atoms with van der Waals surface area (Å²) in [6.45, 7) is 14.8. The van der Waals surface area contributed by atoms with Gasteiger partial charge in [-0.2, -0.15) is 0 Å². The van der Waals surface area contributed by atoms with E-state index in [9.17, 15) is 14.4 Å². The lowest BCUT2D eigenvalue weighted by atomic mass is 9.94. The molecule has 0 aromatic carbocycles. The maximum Gasteiger partial charge on any atom is 0.228 e. The summed E-state index contributed by atoms with van der Waals surface area (Å²) in [6.07, 6.45) is 1.09. The predicted molar refractivity (Wildman–Crippen MR) is 96.8 cm³/mol. The lowest BCUT2D eigenvalue weighted by molar-refractivity contribution is -0.140. The van der Waals surface area contributed by atoms with Crippen molar-refractivity contribution in [3.05, 3.63) is 0 Å². The molecule has 0 aromatic heterocycles. The van der Waals surface area contributed by atoms with E-state index in [1.54, 1.807) is 0 Å². The second-order valence-electron chi connectivity index (χ2n) is 9.30. The largest absolute Gasteiger partial charge is 0.341 e. The van der Waals surface area contributed by atoms with Gasteiger partial charge >= 0.3 is 0 Å². The van der Waals surface area contributed by atoms with Crippen LogP contribution in [-0.4, -0.2) is 70.7 Å². The molecule has 2 heterocycles. The lowest BCUT2D eigenvalue weighted by Gasteiger charge is -2.32. The fourth-order valence-corrected chi connectivity index (χ4v) is 3.59. The fourth-order valence-electron chi connectivity index (χ4n) is 3.59. The summed E-state index contributed by atoms with van der Waals surface area (Å²) in [5.41, 5.74) is -0.648. The molecule has 2 saturated heterocycles. The summed E-state index contributed by atoms with van der Waals surface area (Å²) in [6, 6.07) is 0. The number of likely N-dealkylation sites (tertiary alicyclic amines) is 1. The number of carbonyl (C=O) groups is 3. The van der Waals surface area contributed by atoms with Crippen molar-refractivity contribution in [2.24, 2.45) is 11.3 Å². The first kappa shape index (κ1) is 19.7. The van der Waals surface area contributed by atoms with E-state index in [-0.39, 0.29) is 29.2 Å². The molecule has 1 unspecified atom stereocenters. The zero-order valence-corrected chi connectivity index (χ0v) is 16.6. The van der Waals surface area contributed by atoms with Crippen LogP contribution in [0.3, 0.4) is 0 Å². The third-order valence-electron chi connectivity index (χ3n) is 5.02. The normalized spacial score (nSPS) is 23.0. The highest BCUT2D eigenvalue weighted by Gasteiger charge is 2.41. The van der Waals surface area contributed by atoms with Crippen LogP contribution >= 0.6 is 0 Å². The zero-order valence-electron chi connectivity index (χ0n) is 16.6. The maximum absolute atomic E-state index is 12.9. The third kappa shape index (κ3) is 4.53. The molecular weight excluding hydrogens is 318 g/mol. The predicted octanol–water partition coefficient (Wildman–Crippen LogP) is 1.74. The van der Waals surface area contributed by atoms with Crippen molar-refractivity contribution in [3.63, 3.8) is 0 Å². The van der Waals surface area contributed by atoms with Crippen LogP contribution < -0.4 is 0 Å². The molecule has 2 aliphatic heterocycles. The van der Waals surface area contributed by atoms with Gasteiger partial charge < -0.3 is 14.7 Å². The van der Waals surface area contributed by atoms with Gasteiger partial charge in [0.2, 0.25) is 17.7 Å². The molecule has 1 atom stereocenters. The molecule has 25 heavy (non-hydrogen) atoms. The standard InChI is InChI=1S/C19H33N3O3/c1-18(2,3)17(25)21-9-7-8-20(10-11-21)16(24)14-12-15(23)22(13-14)19(4,5)6/h14H,7-13H2,1-6H3. The van der Waals surface area contributed by atoms with Gasteiger partial charge in [-0.15, -0.1) is 0 Å². The van der Waals surface area contributed by atoms with E-state index in [1.165, 1.54) is 0 Å². The minimum Gasteiger partial charge on any atom is -0.341 e. The smallest absolute Gasteiger partial charge is 0.228 e. The van der Waals surface area contributed by atoms with E-state index in [0.29, 0.717) is 39.1 Å². The van der Waals surface area contributed by atoms with Crippen molar-refractivity contribution in [2.45, 2.75) is 59.9 Å². The van der Waals surface area contributed by atoms with Crippen molar-refractivity contribution < 1.29 is 14.4 Å². The molecule has 2 rings (SSSR count). The molecule has 6 heteroatoms. The minimum absolute atomic E-state index is 0.0603. The number of carbonyl (C=O) groups excluding carboxylic acids is 3. The minimum atomic E-state index is -0.399. The van der Waals surface area contributed by atoms with Crippen LogP contribution in [0, 0.1) is 11.3 Å². The van der Waals surface area contributed by atoms with Crippen molar-refractivity contribution in [2.75, 3.05) is 32.7 Å². The average Bonchev–Trinajstić information content (AvgIpc) is 2.73. The Labute approximate surface area is 151 Å². The van der Waals surface area contributed by atoms with Crippen molar-refractivity contribution >= 4 is 17.7 Å². The van der Waals surface area contributed by atoms with Gasteiger partial charge in [-0.1, -0.05) is 20.8 Å². The fraction of sp³-hybridized carbons (Fsp3) is 0.842. The van der Waals surface area contributed by atoms with Gasteiger partial charge in [-0.3, -0.25) is 14.4 Å². The Balaban J connectivity index is 1.98. The summed E-state index contributed by atoms with van der Waals surface area (Å²) in [4.78, 5) is 43.1. The molecule has 3 amide bonds. The third-order valence-corrected chi connectivity index (χ3v) is 5.02. The molecule has 0 aliphatic carbocycles. The summed E-state index contributed by atoms with van der Waals surface area (Å²) >= 11 is 0. The molecular formula is C19H33N3O3. The molecule has 2 aliphatic rings. The van der Waals surface area contributed by atoms with Gasteiger partial charge in [0.25, 0.3) is 0 Å². The second kappa shape index (κ2) is 6.96. The van der Waals surface area contributed by atoms with Gasteiger partial charge in [0, 0.05) is 50.1 Å². The first-order valence-electron chi connectivity index (χ1n) is 9.30. The van der Waals surface area contributed by atoms with E-state index in [4.69, 9.17) is 0 Å². The Kier molecular flexibility index (Phi) is 5.50. The summed E-state index contributed by atoms with van der Waals surface area (Å²) in [5, 5.41) is 0. The second-order valence-corrected chi connectivity index (χ2v) is 9.30. The van der Waals surface area contributed by atoms with Gasteiger partial charge in [0.05, 0.1) is 5.92 Å². The Hall–Kier alpha value is -1.59. The van der Waals surface area contributed by atoms with Crippen LogP contribution in [0.2, 0.25) is 0 Å². The first-order chi connectivity index (χ1) is 11.4. The van der Waals surface area contributed by atoms with Crippen LogP contribution in [-0.2, 0) is 14.4 Å². The molecule has 142 valence electrons. The molecule has 0 N–H and O–H groups in total. The lowest BCUT2D eigenvalue weighted by Crippen LogP contribution is -2.45. The topological polar surface area (TPSA) is 60.9 Å². The van der Waals surface area contributed by atoms with E-state index < -0.39 is 5.41 Å². The SMILES string of the molecule is CC(C)(C)C(=O)N1CCCN(C(=O)C2CC(=O)N(C(C)(C)C)C2)CC1. The molecule has 0 aromatic rings. The number of rotatable bonds is 1. The highest BCUT2D eigenvalue weighted by atomic mass is 16.2. The highest BCUT2D eigenvalue weighted by molar-refractivity contribution is 5.89. The van der Waals surface area contributed by atoms with Crippen LogP contribution in [0.25, 0.3) is 0 Å². The zero-order chi connectivity index (χ0) is 19.0. The molecule has 0 saturated carbocycles. The monoisotopic (exact) mass is 351 g/mol. The van der Waals surface area contributed by atoms with Gasteiger partial charge in [0.1, 0.15) is 0 Å². The molecule has 2 fully saturated rings. The summed E-state index contributed by atoms with van der Waals surface area (Å²) < 4.78 is 0. The molecule has 0 radical (unpaired) electrons. The highest BCUT2D eigenvalue weighted by Crippen LogP contribution is 2.27. The molecule has 0 spiro atoms. The van der Waals surface area contributed by atoms with Gasteiger partial charge in [0.15, 0.2) is 0 Å². The van der Waals surface area contributed by atoms with E-state index in [0.717, 1.165) is 6.42 Å². The van der Waals surface area contributed by atoms with E-state index >= 15 is 0 Å². The summed E-state index contributed by atoms with van der Waals surface area (Å²) in [5.74, 6) is 0.00344. The van der Waals surface area contributed by atoms with Crippen LogP contribution in [0.4, 0.5) is 0 Å². The number of hydrogen-bond donors (Lipinski definition) is 0. The van der Waals surface area contributed by atoms with Gasteiger partial charge in [-0.05, 0) is 27.2 Å². The first-order valence-corrected chi connectivity index (χ1v) is 9.30. The summed E-state index contributed by atoms with van der Waals surface area (Å²) in [7, 11) is 0. The van der Waals surface area contributed by atoms with E-state index in [2.05, 4.69) is 0 Å². The Morgan fingerprint density at radius 2 is 1.48 bits per heavy atom. The van der Waals surface area contributed by atoms with Crippen LogP contribution in [0.15, 0.2) is 0 Å². The maximum atomic E-state index is 12.9. The Bertz CT molecular complexity index is 545. The number of hydrogen-bond acceptors (Lipinski definition) is 3. The quantitative estimate of drug-likeness (QED) is 0.723. The number of nitrogens with zero attached hydrogens (tertiary/aromatic N) is 3. The average molecular weight is 351 g/mol. The van der Waals surface area contributed by atoms with Gasteiger partial charge in [-0.25, -0.2) is 0 Å². The molecule has 0 bridgehead atoms. The van der Waals surface area contributed by atoms with Crippen LogP contribution in [0.1, 0.15) is 54.4 Å². The number of amides is 3. The Morgan fingerprint density at radius 3 is 2.00 bits per heavy atom.